The van der Waals surface area contributed by atoms with E-state index in [0.717, 1.165) is 29.6 Å². The lowest BCUT2D eigenvalue weighted by Crippen LogP contribution is -2.15. The maximum Gasteiger partial charge on any atom is -0.0391 e. The lowest BCUT2D eigenvalue weighted by atomic mass is 9.79. The molecule has 5 unspecified atom stereocenters. The van der Waals surface area contributed by atoms with Gasteiger partial charge in [0.1, 0.15) is 0 Å². The molecule has 19 heavy (non-hydrogen) atoms. The maximum absolute atomic E-state index is 2.49. The summed E-state index contributed by atoms with van der Waals surface area (Å²) in [5.41, 5.74) is 0. The average Bonchev–Trinajstić information content (AvgIpc) is 2.38. The zero-order chi connectivity index (χ0) is 14.8. The molecule has 0 aliphatic heterocycles. The molecule has 0 aliphatic carbocycles. The molecule has 0 aromatic heterocycles. The predicted molar refractivity (Wildman–Crippen MR) is 89.5 cm³/mol. The van der Waals surface area contributed by atoms with E-state index in [1.807, 2.05) is 0 Å². The number of hydrogen-bond donors (Lipinski definition) is 0. The highest BCUT2D eigenvalue weighted by Crippen LogP contribution is 2.30. The first kappa shape index (κ1) is 19.0. The van der Waals surface area contributed by atoms with Crippen molar-refractivity contribution < 1.29 is 0 Å². The fraction of sp³-hybridized carbons (Fsp3) is 1.00. The zero-order valence-corrected chi connectivity index (χ0v) is 14.8. The highest BCUT2D eigenvalue weighted by Gasteiger charge is 2.18. The van der Waals surface area contributed by atoms with Gasteiger partial charge in [-0.15, -0.1) is 0 Å². The highest BCUT2D eigenvalue weighted by molar-refractivity contribution is 4.70. The molecule has 0 nitrogen and oxygen atoms in total. The van der Waals surface area contributed by atoms with E-state index in [1.165, 1.54) is 44.9 Å². The fourth-order valence-corrected chi connectivity index (χ4v) is 3.35. The van der Waals surface area contributed by atoms with Gasteiger partial charge in [-0.05, 0) is 48.9 Å². The largest absolute Gasteiger partial charge is 0.0651 e. The summed E-state index contributed by atoms with van der Waals surface area (Å²) in [6, 6.07) is 0. The topological polar surface area (TPSA) is 0 Å². The Morgan fingerprint density at radius 3 is 1.58 bits per heavy atom. The Bertz CT molecular complexity index is 196. The van der Waals surface area contributed by atoms with Crippen molar-refractivity contribution in [2.24, 2.45) is 29.6 Å². The second-order valence-corrected chi connectivity index (χ2v) is 7.33. The minimum atomic E-state index is 0.904. The lowest BCUT2D eigenvalue weighted by Gasteiger charge is -2.26. The van der Waals surface area contributed by atoms with Gasteiger partial charge in [0.05, 0.1) is 0 Å². The molecule has 0 aromatic rings. The van der Waals surface area contributed by atoms with Gasteiger partial charge in [-0.2, -0.15) is 0 Å². The third-order valence-corrected chi connectivity index (χ3v) is 5.33. The molecule has 0 saturated heterocycles. The Kier molecular flexibility index (Phi) is 10.7. The van der Waals surface area contributed by atoms with Gasteiger partial charge in [-0.1, -0.05) is 74.1 Å². The van der Waals surface area contributed by atoms with Crippen LogP contribution < -0.4 is 0 Å². The van der Waals surface area contributed by atoms with Crippen molar-refractivity contribution in [3.63, 3.8) is 0 Å². The average molecular weight is 269 g/mol. The lowest BCUT2D eigenvalue weighted by molar-refractivity contribution is 0.247. The molecular weight excluding hydrogens is 228 g/mol. The van der Waals surface area contributed by atoms with E-state index in [9.17, 15) is 0 Å². The third-order valence-electron chi connectivity index (χ3n) is 5.33. The molecule has 0 spiro atoms. The van der Waals surface area contributed by atoms with Gasteiger partial charge in [-0.3, -0.25) is 0 Å². The van der Waals surface area contributed by atoms with E-state index in [0.29, 0.717) is 0 Å². The second kappa shape index (κ2) is 10.7. The molecule has 0 heterocycles. The van der Waals surface area contributed by atoms with Crippen molar-refractivity contribution in [1.29, 1.82) is 0 Å². The van der Waals surface area contributed by atoms with Crippen molar-refractivity contribution in [3.05, 3.63) is 0 Å². The van der Waals surface area contributed by atoms with Crippen LogP contribution in [0.5, 0.6) is 0 Å². The SMILES string of the molecule is CCC(C)CC(C)CCC(CC)C(C)CC(C)CC. The Labute approximate surface area is 123 Å². The standard InChI is InChI=1S/C19H40/c1-8-15(4)13-17(6)11-12-19(10-3)18(7)14-16(5)9-2/h15-19H,8-14H2,1-7H3. The summed E-state index contributed by atoms with van der Waals surface area (Å²) in [7, 11) is 0. The molecular formula is C19H40. The van der Waals surface area contributed by atoms with E-state index in [1.54, 1.807) is 0 Å². The summed E-state index contributed by atoms with van der Waals surface area (Å²) in [4.78, 5) is 0. The number of rotatable bonds is 11. The van der Waals surface area contributed by atoms with Crippen molar-refractivity contribution in [1.82, 2.24) is 0 Å². The van der Waals surface area contributed by atoms with Crippen LogP contribution in [0.2, 0.25) is 0 Å². The quantitative estimate of drug-likeness (QED) is 0.381. The summed E-state index contributed by atoms with van der Waals surface area (Å²) in [6.45, 7) is 16.8. The Morgan fingerprint density at radius 1 is 0.579 bits per heavy atom. The van der Waals surface area contributed by atoms with Crippen molar-refractivity contribution in [3.8, 4) is 0 Å². The minimum Gasteiger partial charge on any atom is -0.0651 e. The van der Waals surface area contributed by atoms with Gasteiger partial charge in [0.2, 0.25) is 0 Å². The Balaban J connectivity index is 4.04. The molecule has 0 saturated carbocycles. The van der Waals surface area contributed by atoms with E-state index >= 15 is 0 Å². The third kappa shape index (κ3) is 8.71. The van der Waals surface area contributed by atoms with E-state index in [-0.39, 0.29) is 0 Å². The molecule has 0 aliphatic rings. The first-order valence-corrected chi connectivity index (χ1v) is 8.94. The van der Waals surface area contributed by atoms with Crippen LogP contribution in [0.1, 0.15) is 93.4 Å². The molecule has 116 valence electrons. The second-order valence-electron chi connectivity index (χ2n) is 7.33. The van der Waals surface area contributed by atoms with E-state index < -0.39 is 0 Å². The van der Waals surface area contributed by atoms with E-state index in [2.05, 4.69) is 48.5 Å². The molecule has 0 fully saturated rings. The smallest absolute Gasteiger partial charge is 0.0391 e. The van der Waals surface area contributed by atoms with Gasteiger partial charge in [0.25, 0.3) is 0 Å². The van der Waals surface area contributed by atoms with Crippen molar-refractivity contribution in [2.75, 3.05) is 0 Å². The molecule has 0 aromatic carbocycles. The van der Waals surface area contributed by atoms with Crippen molar-refractivity contribution >= 4 is 0 Å². The van der Waals surface area contributed by atoms with E-state index in [4.69, 9.17) is 0 Å². The van der Waals surface area contributed by atoms with Crippen LogP contribution in [0.15, 0.2) is 0 Å². The van der Waals surface area contributed by atoms with Gasteiger partial charge >= 0.3 is 0 Å². The Morgan fingerprint density at radius 2 is 1.11 bits per heavy atom. The predicted octanol–water partition coefficient (Wildman–Crippen LogP) is 6.94. The molecule has 0 N–H and O–H groups in total. The molecule has 0 bridgehead atoms. The molecule has 5 atom stereocenters. The summed E-state index contributed by atoms with van der Waals surface area (Å²) < 4.78 is 0. The molecule has 0 heteroatoms. The fourth-order valence-electron chi connectivity index (χ4n) is 3.35. The summed E-state index contributed by atoms with van der Waals surface area (Å²) in [6.07, 6.45) is 9.78. The first-order chi connectivity index (χ1) is 8.94. The van der Waals surface area contributed by atoms with Crippen LogP contribution in [-0.4, -0.2) is 0 Å². The van der Waals surface area contributed by atoms with Crippen LogP contribution in [-0.2, 0) is 0 Å². The van der Waals surface area contributed by atoms with Gasteiger partial charge < -0.3 is 0 Å². The normalized spacial score (nSPS) is 19.7. The van der Waals surface area contributed by atoms with Crippen LogP contribution in [0, 0.1) is 29.6 Å². The molecule has 0 amide bonds. The van der Waals surface area contributed by atoms with Gasteiger partial charge in [0, 0.05) is 0 Å². The van der Waals surface area contributed by atoms with Gasteiger partial charge in [0.15, 0.2) is 0 Å². The van der Waals surface area contributed by atoms with Crippen molar-refractivity contribution in [2.45, 2.75) is 93.4 Å². The molecule has 0 radical (unpaired) electrons. The minimum absolute atomic E-state index is 0.904. The summed E-state index contributed by atoms with van der Waals surface area (Å²) in [5.74, 6) is 4.60. The first-order valence-electron chi connectivity index (χ1n) is 8.94. The van der Waals surface area contributed by atoms with Gasteiger partial charge in [-0.25, -0.2) is 0 Å². The van der Waals surface area contributed by atoms with Crippen LogP contribution in [0.25, 0.3) is 0 Å². The van der Waals surface area contributed by atoms with Crippen LogP contribution >= 0.6 is 0 Å². The summed E-state index contributed by atoms with van der Waals surface area (Å²) in [5, 5.41) is 0. The number of hydrogen-bond acceptors (Lipinski definition) is 0. The monoisotopic (exact) mass is 268 g/mol. The Hall–Kier alpha value is 0. The van der Waals surface area contributed by atoms with Crippen LogP contribution in [0.4, 0.5) is 0 Å². The maximum atomic E-state index is 2.49. The zero-order valence-electron chi connectivity index (χ0n) is 14.8. The van der Waals surface area contributed by atoms with Crippen LogP contribution in [0.3, 0.4) is 0 Å². The highest BCUT2D eigenvalue weighted by atomic mass is 14.2. The summed E-state index contributed by atoms with van der Waals surface area (Å²) >= 11 is 0. The molecule has 0 rings (SSSR count).